The SMILES string of the molecule is CN(C)CCN(C(=O)COCCN)C1CCN(C)CC1. The Morgan fingerprint density at radius 2 is 1.95 bits per heavy atom. The molecule has 20 heavy (non-hydrogen) atoms. The molecule has 1 rings (SSSR count). The number of hydrogen-bond acceptors (Lipinski definition) is 5. The number of likely N-dealkylation sites (tertiary alicyclic amines) is 1. The van der Waals surface area contributed by atoms with E-state index in [0.29, 0.717) is 19.2 Å². The molecule has 6 heteroatoms. The van der Waals surface area contributed by atoms with Gasteiger partial charge in [-0.3, -0.25) is 4.79 Å². The molecule has 118 valence electrons. The van der Waals surface area contributed by atoms with Crippen molar-refractivity contribution in [2.75, 3.05) is 67.1 Å². The van der Waals surface area contributed by atoms with Crippen LogP contribution in [0.1, 0.15) is 12.8 Å². The van der Waals surface area contributed by atoms with Gasteiger partial charge in [0.25, 0.3) is 0 Å². The van der Waals surface area contributed by atoms with E-state index in [-0.39, 0.29) is 12.5 Å². The number of ether oxygens (including phenoxy) is 1. The van der Waals surface area contributed by atoms with E-state index in [9.17, 15) is 4.79 Å². The summed E-state index contributed by atoms with van der Waals surface area (Å²) in [6.07, 6.45) is 2.10. The lowest BCUT2D eigenvalue weighted by molar-refractivity contribution is -0.139. The molecule has 1 amide bonds. The Morgan fingerprint density at radius 1 is 1.30 bits per heavy atom. The first-order chi connectivity index (χ1) is 9.54. The molecule has 0 unspecified atom stereocenters. The number of likely N-dealkylation sites (N-methyl/N-ethyl adjacent to an activating group) is 1. The number of piperidine rings is 1. The lowest BCUT2D eigenvalue weighted by Gasteiger charge is -2.37. The molecule has 0 spiro atoms. The van der Waals surface area contributed by atoms with Crippen molar-refractivity contribution in [2.24, 2.45) is 5.73 Å². The fraction of sp³-hybridized carbons (Fsp3) is 0.929. The zero-order chi connectivity index (χ0) is 15.0. The third kappa shape index (κ3) is 6.17. The van der Waals surface area contributed by atoms with Crippen LogP contribution in [0.15, 0.2) is 0 Å². The van der Waals surface area contributed by atoms with Gasteiger partial charge >= 0.3 is 0 Å². The summed E-state index contributed by atoms with van der Waals surface area (Å²) in [7, 11) is 6.19. The first-order valence-corrected chi connectivity index (χ1v) is 7.45. The van der Waals surface area contributed by atoms with Gasteiger partial charge in [0.05, 0.1) is 6.61 Å². The van der Waals surface area contributed by atoms with E-state index in [4.69, 9.17) is 10.5 Å². The van der Waals surface area contributed by atoms with E-state index >= 15 is 0 Å². The second-order valence-electron chi connectivity index (χ2n) is 5.77. The quantitative estimate of drug-likeness (QED) is 0.607. The van der Waals surface area contributed by atoms with Crippen LogP contribution in [0.5, 0.6) is 0 Å². The lowest BCUT2D eigenvalue weighted by Crippen LogP contribution is -2.49. The van der Waals surface area contributed by atoms with Crippen LogP contribution in [0.4, 0.5) is 0 Å². The topological polar surface area (TPSA) is 62.0 Å². The molecule has 1 fully saturated rings. The largest absolute Gasteiger partial charge is 0.370 e. The van der Waals surface area contributed by atoms with Crippen molar-refractivity contribution in [3.8, 4) is 0 Å². The highest BCUT2D eigenvalue weighted by atomic mass is 16.5. The molecule has 0 bridgehead atoms. The number of amides is 1. The van der Waals surface area contributed by atoms with Gasteiger partial charge in [0, 0.05) is 25.7 Å². The first-order valence-electron chi connectivity index (χ1n) is 7.45. The molecule has 1 aliphatic heterocycles. The molecule has 0 aromatic rings. The molecule has 0 aliphatic carbocycles. The molecular weight excluding hydrogens is 256 g/mol. The van der Waals surface area contributed by atoms with Crippen molar-refractivity contribution in [2.45, 2.75) is 18.9 Å². The maximum Gasteiger partial charge on any atom is 0.248 e. The summed E-state index contributed by atoms with van der Waals surface area (Å²) in [6.45, 7) is 4.82. The van der Waals surface area contributed by atoms with Crippen LogP contribution in [0.3, 0.4) is 0 Å². The molecule has 0 radical (unpaired) electrons. The van der Waals surface area contributed by atoms with Crippen LogP contribution in [0.2, 0.25) is 0 Å². The Kier molecular flexibility index (Phi) is 8.06. The van der Waals surface area contributed by atoms with Gasteiger partial charge in [-0.2, -0.15) is 0 Å². The highest BCUT2D eigenvalue weighted by Gasteiger charge is 2.26. The van der Waals surface area contributed by atoms with E-state index in [1.807, 2.05) is 19.0 Å². The third-order valence-corrected chi connectivity index (χ3v) is 3.73. The van der Waals surface area contributed by atoms with Crippen LogP contribution in [-0.2, 0) is 9.53 Å². The summed E-state index contributed by atoms with van der Waals surface area (Å²) >= 11 is 0. The minimum Gasteiger partial charge on any atom is -0.370 e. The van der Waals surface area contributed by atoms with Crippen LogP contribution >= 0.6 is 0 Å². The van der Waals surface area contributed by atoms with Crippen LogP contribution < -0.4 is 5.73 Å². The highest BCUT2D eigenvalue weighted by molar-refractivity contribution is 5.77. The summed E-state index contributed by atoms with van der Waals surface area (Å²) < 4.78 is 5.30. The second kappa shape index (κ2) is 9.28. The monoisotopic (exact) mass is 286 g/mol. The number of hydrogen-bond donors (Lipinski definition) is 1. The molecule has 1 heterocycles. The van der Waals surface area contributed by atoms with Gasteiger partial charge in [-0.1, -0.05) is 0 Å². The number of carbonyl (C=O) groups is 1. The van der Waals surface area contributed by atoms with E-state index in [0.717, 1.165) is 39.0 Å². The first kappa shape index (κ1) is 17.4. The third-order valence-electron chi connectivity index (χ3n) is 3.73. The number of nitrogens with two attached hydrogens (primary N) is 1. The molecule has 0 aromatic carbocycles. The van der Waals surface area contributed by atoms with Crippen LogP contribution in [0, 0.1) is 0 Å². The Morgan fingerprint density at radius 3 is 2.50 bits per heavy atom. The van der Waals surface area contributed by atoms with Gasteiger partial charge in [0.15, 0.2) is 0 Å². The maximum atomic E-state index is 12.3. The van der Waals surface area contributed by atoms with Crippen molar-refractivity contribution in [3.63, 3.8) is 0 Å². The average molecular weight is 286 g/mol. The highest BCUT2D eigenvalue weighted by Crippen LogP contribution is 2.15. The Labute approximate surface area is 122 Å². The predicted octanol–water partition coefficient (Wildman–Crippen LogP) is -0.554. The molecular formula is C14H30N4O2. The van der Waals surface area contributed by atoms with Crippen molar-refractivity contribution in [1.29, 1.82) is 0 Å². The number of carbonyl (C=O) groups excluding carboxylic acids is 1. The fourth-order valence-electron chi connectivity index (χ4n) is 2.45. The Balaban J connectivity index is 2.52. The average Bonchev–Trinajstić information content (AvgIpc) is 2.41. The molecule has 0 atom stereocenters. The molecule has 2 N–H and O–H groups in total. The van der Waals surface area contributed by atoms with Crippen molar-refractivity contribution in [3.05, 3.63) is 0 Å². The van der Waals surface area contributed by atoms with Crippen LogP contribution in [-0.4, -0.2) is 93.7 Å². The molecule has 6 nitrogen and oxygen atoms in total. The van der Waals surface area contributed by atoms with Gasteiger partial charge in [-0.25, -0.2) is 0 Å². The molecule has 1 saturated heterocycles. The van der Waals surface area contributed by atoms with E-state index in [1.54, 1.807) is 0 Å². The van der Waals surface area contributed by atoms with Crippen molar-refractivity contribution < 1.29 is 9.53 Å². The molecule has 0 saturated carbocycles. The number of rotatable bonds is 8. The summed E-state index contributed by atoms with van der Waals surface area (Å²) in [6, 6.07) is 0.347. The van der Waals surface area contributed by atoms with E-state index in [2.05, 4.69) is 16.8 Å². The predicted molar refractivity (Wildman–Crippen MR) is 80.7 cm³/mol. The summed E-state index contributed by atoms with van der Waals surface area (Å²) in [5.74, 6) is 0.0925. The summed E-state index contributed by atoms with van der Waals surface area (Å²) in [5.41, 5.74) is 5.39. The van der Waals surface area contributed by atoms with Gasteiger partial charge < -0.3 is 25.2 Å². The van der Waals surface area contributed by atoms with Gasteiger partial charge in [-0.05, 0) is 47.1 Å². The minimum absolute atomic E-state index is 0.0925. The number of nitrogens with zero attached hydrogens (tertiary/aromatic N) is 3. The lowest BCUT2D eigenvalue weighted by atomic mass is 10.0. The van der Waals surface area contributed by atoms with E-state index < -0.39 is 0 Å². The smallest absolute Gasteiger partial charge is 0.248 e. The van der Waals surface area contributed by atoms with Crippen molar-refractivity contribution in [1.82, 2.24) is 14.7 Å². The molecule has 1 aliphatic rings. The Bertz CT molecular complexity index is 278. The molecule has 0 aromatic heterocycles. The van der Waals surface area contributed by atoms with Gasteiger partial charge in [-0.15, -0.1) is 0 Å². The summed E-state index contributed by atoms with van der Waals surface area (Å²) in [4.78, 5) is 18.8. The van der Waals surface area contributed by atoms with Gasteiger partial charge in [0.1, 0.15) is 6.61 Å². The zero-order valence-corrected chi connectivity index (χ0v) is 13.2. The minimum atomic E-state index is 0.0925. The standard InChI is InChI=1S/C14H30N4O2/c1-16(2)9-10-18(14(19)12-20-11-6-15)13-4-7-17(3)8-5-13/h13H,4-12,15H2,1-3H3. The maximum absolute atomic E-state index is 12.3. The fourth-order valence-corrected chi connectivity index (χ4v) is 2.45. The van der Waals surface area contributed by atoms with Crippen molar-refractivity contribution >= 4 is 5.91 Å². The zero-order valence-electron chi connectivity index (χ0n) is 13.2. The summed E-state index contributed by atoms with van der Waals surface area (Å²) in [5, 5.41) is 0. The van der Waals surface area contributed by atoms with Gasteiger partial charge in [0.2, 0.25) is 5.91 Å². The van der Waals surface area contributed by atoms with Crippen LogP contribution in [0.25, 0.3) is 0 Å². The Hall–Kier alpha value is -0.690. The van der Waals surface area contributed by atoms with E-state index in [1.165, 1.54) is 0 Å². The normalized spacial score (nSPS) is 17.6. The second-order valence-corrected chi connectivity index (χ2v) is 5.77.